The number of ether oxygens (including phenoxy) is 1. The minimum atomic E-state index is 0.589. The quantitative estimate of drug-likeness (QED) is 0.632. The molecule has 1 unspecified atom stereocenters. The Labute approximate surface area is 83.5 Å². The van der Waals surface area contributed by atoms with Crippen molar-refractivity contribution >= 4 is 11.4 Å². The first kappa shape index (κ1) is 7.97. The van der Waals surface area contributed by atoms with Crippen molar-refractivity contribution in [2.45, 2.75) is 18.9 Å². The van der Waals surface area contributed by atoms with E-state index >= 15 is 0 Å². The summed E-state index contributed by atoms with van der Waals surface area (Å²) in [6.07, 6.45) is 2.53. The first-order chi connectivity index (χ1) is 6.84. The van der Waals surface area contributed by atoms with Crippen LogP contribution in [0.5, 0.6) is 5.75 Å². The van der Waals surface area contributed by atoms with Gasteiger partial charge in [0.1, 0.15) is 12.4 Å². The van der Waals surface area contributed by atoms with Crippen molar-refractivity contribution in [3.8, 4) is 5.75 Å². The monoisotopic (exact) mass is 190 g/mol. The zero-order valence-corrected chi connectivity index (χ0v) is 8.07. The fourth-order valence-electron chi connectivity index (χ4n) is 2.40. The summed E-state index contributed by atoms with van der Waals surface area (Å²) >= 11 is 0. The van der Waals surface area contributed by atoms with E-state index in [4.69, 9.17) is 10.5 Å². The molecule has 3 rings (SSSR count). The Balaban J connectivity index is 2.05. The molecule has 1 fully saturated rings. The highest BCUT2D eigenvalue weighted by molar-refractivity contribution is 5.66. The van der Waals surface area contributed by atoms with Crippen LogP contribution in [-0.4, -0.2) is 19.2 Å². The normalized spacial score (nSPS) is 24.0. The number of nitrogens with two attached hydrogens (primary N) is 1. The van der Waals surface area contributed by atoms with Crippen molar-refractivity contribution in [1.29, 1.82) is 0 Å². The van der Waals surface area contributed by atoms with Crippen molar-refractivity contribution in [2.75, 3.05) is 23.8 Å². The molecular formula is C11H14N2O. The third kappa shape index (κ3) is 1.05. The molecule has 2 N–H and O–H groups in total. The lowest BCUT2D eigenvalue weighted by molar-refractivity contribution is 0.272. The Morgan fingerprint density at radius 1 is 1.43 bits per heavy atom. The molecule has 0 aliphatic carbocycles. The Bertz CT molecular complexity index is 364. The number of hydrogen-bond donors (Lipinski definition) is 1. The summed E-state index contributed by atoms with van der Waals surface area (Å²) in [4.78, 5) is 2.44. The summed E-state index contributed by atoms with van der Waals surface area (Å²) in [6.45, 7) is 1.97. The Hall–Kier alpha value is -1.38. The molecule has 2 heterocycles. The Kier molecular flexibility index (Phi) is 1.60. The number of anilines is 2. The van der Waals surface area contributed by atoms with Crippen molar-refractivity contribution in [3.05, 3.63) is 18.2 Å². The molecule has 0 saturated carbocycles. The molecule has 1 atom stereocenters. The molecule has 0 amide bonds. The van der Waals surface area contributed by atoms with Gasteiger partial charge in [-0.05, 0) is 25.0 Å². The van der Waals surface area contributed by atoms with E-state index in [0.717, 1.165) is 24.6 Å². The van der Waals surface area contributed by atoms with Crippen LogP contribution in [-0.2, 0) is 0 Å². The molecule has 1 saturated heterocycles. The second-order valence-corrected chi connectivity index (χ2v) is 4.03. The van der Waals surface area contributed by atoms with Crippen LogP contribution in [0.3, 0.4) is 0 Å². The van der Waals surface area contributed by atoms with Crippen molar-refractivity contribution < 1.29 is 4.74 Å². The van der Waals surface area contributed by atoms with Gasteiger partial charge in [-0.15, -0.1) is 0 Å². The molecule has 1 aromatic carbocycles. The Morgan fingerprint density at radius 3 is 3.29 bits per heavy atom. The number of benzene rings is 1. The summed E-state index contributed by atoms with van der Waals surface area (Å²) in [6, 6.07) is 6.53. The van der Waals surface area contributed by atoms with E-state index in [9.17, 15) is 0 Å². The summed E-state index contributed by atoms with van der Waals surface area (Å²) in [5, 5.41) is 0. The number of nitrogen functional groups attached to an aromatic ring is 1. The van der Waals surface area contributed by atoms with Gasteiger partial charge in [0.2, 0.25) is 0 Å². The summed E-state index contributed by atoms with van der Waals surface area (Å²) < 4.78 is 5.70. The smallest absolute Gasteiger partial charge is 0.144 e. The summed E-state index contributed by atoms with van der Waals surface area (Å²) in [5.41, 5.74) is 7.72. The minimum absolute atomic E-state index is 0.589. The highest BCUT2D eigenvalue weighted by atomic mass is 16.5. The van der Waals surface area contributed by atoms with Crippen LogP contribution in [0, 0.1) is 0 Å². The largest absolute Gasteiger partial charge is 0.489 e. The van der Waals surface area contributed by atoms with E-state index in [1.54, 1.807) is 0 Å². The minimum Gasteiger partial charge on any atom is -0.489 e. The maximum atomic E-state index is 5.72. The van der Waals surface area contributed by atoms with Crippen LogP contribution in [0.15, 0.2) is 18.2 Å². The SMILES string of the molecule is Nc1ccc2c(c1)OCC1CCCN21. The van der Waals surface area contributed by atoms with Gasteiger partial charge in [0.05, 0.1) is 11.7 Å². The zero-order chi connectivity index (χ0) is 9.54. The lowest BCUT2D eigenvalue weighted by atomic mass is 10.1. The van der Waals surface area contributed by atoms with Crippen LogP contribution in [0.2, 0.25) is 0 Å². The second-order valence-electron chi connectivity index (χ2n) is 4.03. The lowest BCUT2D eigenvalue weighted by Crippen LogP contribution is -2.38. The molecule has 2 aliphatic heterocycles. The molecule has 2 aliphatic rings. The van der Waals surface area contributed by atoms with Gasteiger partial charge in [0.25, 0.3) is 0 Å². The first-order valence-corrected chi connectivity index (χ1v) is 5.13. The highest BCUT2D eigenvalue weighted by Crippen LogP contribution is 2.38. The molecule has 3 nitrogen and oxygen atoms in total. The van der Waals surface area contributed by atoms with Gasteiger partial charge < -0.3 is 15.4 Å². The van der Waals surface area contributed by atoms with Gasteiger partial charge in [-0.25, -0.2) is 0 Å². The summed E-state index contributed by atoms with van der Waals surface area (Å²) in [5.74, 6) is 0.947. The van der Waals surface area contributed by atoms with Crippen LogP contribution in [0.4, 0.5) is 11.4 Å². The molecule has 14 heavy (non-hydrogen) atoms. The molecule has 3 heteroatoms. The first-order valence-electron chi connectivity index (χ1n) is 5.13. The molecule has 0 bridgehead atoms. The lowest BCUT2D eigenvalue weighted by Gasteiger charge is -2.33. The molecule has 0 aromatic heterocycles. The average Bonchev–Trinajstić information content (AvgIpc) is 2.65. The Morgan fingerprint density at radius 2 is 2.36 bits per heavy atom. The van der Waals surface area contributed by atoms with Gasteiger partial charge in [-0.3, -0.25) is 0 Å². The second kappa shape index (κ2) is 2.80. The van der Waals surface area contributed by atoms with Crippen LogP contribution in [0.25, 0.3) is 0 Å². The fourth-order valence-corrected chi connectivity index (χ4v) is 2.40. The number of rotatable bonds is 0. The zero-order valence-electron chi connectivity index (χ0n) is 8.07. The van der Waals surface area contributed by atoms with Gasteiger partial charge >= 0.3 is 0 Å². The maximum absolute atomic E-state index is 5.72. The van der Waals surface area contributed by atoms with E-state index in [1.165, 1.54) is 18.5 Å². The maximum Gasteiger partial charge on any atom is 0.144 e. The highest BCUT2D eigenvalue weighted by Gasteiger charge is 2.31. The van der Waals surface area contributed by atoms with E-state index in [1.807, 2.05) is 12.1 Å². The summed E-state index contributed by atoms with van der Waals surface area (Å²) in [7, 11) is 0. The number of nitrogens with zero attached hydrogens (tertiary/aromatic N) is 1. The number of hydrogen-bond acceptors (Lipinski definition) is 3. The predicted molar refractivity (Wildman–Crippen MR) is 56.7 cm³/mol. The standard InChI is InChI=1S/C11H14N2O/c12-8-3-4-10-11(6-8)14-7-9-2-1-5-13(9)10/h3-4,6,9H,1-2,5,7,12H2. The third-order valence-electron chi connectivity index (χ3n) is 3.10. The molecular weight excluding hydrogens is 176 g/mol. The van der Waals surface area contributed by atoms with E-state index in [2.05, 4.69) is 11.0 Å². The predicted octanol–water partition coefficient (Wildman–Crippen LogP) is 1.63. The third-order valence-corrected chi connectivity index (χ3v) is 3.10. The molecule has 0 radical (unpaired) electrons. The van der Waals surface area contributed by atoms with Crippen LogP contribution >= 0.6 is 0 Å². The van der Waals surface area contributed by atoms with Crippen molar-refractivity contribution in [1.82, 2.24) is 0 Å². The molecule has 1 aromatic rings. The molecule has 0 spiro atoms. The molecule has 74 valence electrons. The van der Waals surface area contributed by atoms with Gasteiger partial charge in [0.15, 0.2) is 0 Å². The van der Waals surface area contributed by atoms with E-state index in [0.29, 0.717) is 6.04 Å². The van der Waals surface area contributed by atoms with Gasteiger partial charge in [0, 0.05) is 18.3 Å². The van der Waals surface area contributed by atoms with E-state index in [-0.39, 0.29) is 0 Å². The van der Waals surface area contributed by atoms with Gasteiger partial charge in [-0.1, -0.05) is 0 Å². The van der Waals surface area contributed by atoms with Crippen LogP contribution < -0.4 is 15.4 Å². The van der Waals surface area contributed by atoms with E-state index < -0.39 is 0 Å². The van der Waals surface area contributed by atoms with Gasteiger partial charge in [-0.2, -0.15) is 0 Å². The van der Waals surface area contributed by atoms with Crippen molar-refractivity contribution in [2.24, 2.45) is 0 Å². The fraction of sp³-hybridized carbons (Fsp3) is 0.455. The number of fused-ring (bicyclic) bond motifs is 3. The van der Waals surface area contributed by atoms with Crippen LogP contribution in [0.1, 0.15) is 12.8 Å². The topological polar surface area (TPSA) is 38.5 Å². The average molecular weight is 190 g/mol. The van der Waals surface area contributed by atoms with Crippen molar-refractivity contribution in [3.63, 3.8) is 0 Å².